The summed E-state index contributed by atoms with van der Waals surface area (Å²) in [4.78, 5) is 1.24. The topological polar surface area (TPSA) is 0 Å². The summed E-state index contributed by atoms with van der Waals surface area (Å²) in [6.45, 7) is 4.54. The van der Waals surface area contributed by atoms with Crippen LogP contribution in [0.15, 0.2) is 17.5 Å². The predicted molar refractivity (Wildman–Crippen MR) is 82.2 cm³/mol. The smallest absolute Gasteiger partial charge is 0.0568 e. The molecular formula is C15H27ClS. The molecule has 17 heavy (non-hydrogen) atoms. The lowest BCUT2D eigenvalue weighted by molar-refractivity contribution is 0.585. The van der Waals surface area contributed by atoms with Gasteiger partial charge < -0.3 is 0 Å². The van der Waals surface area contributed by atoms with Gasteiger partial charge in [-0.05, 0) is 11.4 Å². The average Bonchev–Trinajstić information content (AvgIpc) is 2.87. The molecule has 0 radical (unpaired) electrons. The molecule has 1 aromatic heterocycles. The number of hydrogen-bond acceptors (Lipinski definition) is 1. The molecule has 0 aromatic carbocycles. The maximum atomic E-state index is 5.48. The van der Waals surface area contributed by atoms with Crippen molar-refractivity contribution in [3.05, 3.63) is 22.4 Å². The quantitative estimate of drug-likeness (QED) is 0.368. The van der Waals surface area contributed by atoms with Gasteiger partial charge in [-0.2, -0.15) is 0 Å². The molecule has 0 aliphatic rings. The van der Waals surface area contributed by atoms with E-state index in [1.807, 2.05) is 17.5 Å². The molecule has 0 atom stereocenters. The molecule has 2 heteroatoms. The molecule has 1 heterocycles. The first-order valence-electron chi connectivity index (χ1n) is 6.93. The Balaban J connectivity index is 0.000000318. The second-order valence-electron chi connectivity index (χ2n) is 4.33. The van der Waals surface area contributed by atoms with Crippen molar-refractivity contribution in [3.8, 4) is 0 Å². The molecular weight excluding hydrogens is 248 g/mol. The van der Waals surface area contributed by atoms with E-state index >= 15 is 0 Å². The van der Waals surface area contributed by atoms with Gasteiger partial charge in [-0.25, -0.2) is 0 Å². The van der Waals surface area contributed by atoms with Crippen LogP contribution in [0.2, 0.25) is 0 Å². The van der Waals surface area contributed by atoms with E-state index in [1.54, 1.807) is 11.3 Å². The van der Waals surface area contributed by atoms with Gasteiger partial charge in [0.25, 0.3) is 0 Å². The highest BCUT2D eigenvalue weighted by Crippen LogP contribution is 2.10. The molecule has 0 unspecified atom stereocenters. The largest absolute Gasteiger partial charge is 0.148 e. The third-order valence-electron chi connectivity index (χ3n) is 2.67. The monoisotopic (exact) mass is 274 g/mol. The summed E-state index contributed by atoms with van der Waals surface area (Å²) in [5.41, 5.74) is 0. The van der Waals surface area contributed by atoms with Crippen LogP contribution in [0.5, 0.6) is 0 Å². The molecule has 0 aliphatic carbocycles. The average molecular weight is 275 g/mol. The Kier molecular flexibility index (Phi) is 14.0. The van der Waals surface area contributed by atoms with Gasteiger partial charge in [-0.1, -0.05) is 71.3 Å². The minimum absolute atomic E-state index is 0.650. The summed E-state index contributed by atoms with van der Waals surface area (Å²) in [5.74, 6) is 0.650. The van der Waals surface area contributed by atoms with Crippen LogP contribution < -0.4 is 0 Å². The van der Waals surface area contributed by atoms with Crippen LogP contribution in [0.4, 0.5) is 0 Å². The van der Waals surface area contributed by atoms with E-state index in [1.165, 1.54) is 56.2 Å². The van der Waals surface area contributed by atoms with Gasteiger partial charge >= 0.3 is 0 Å². The number of hydrogen-bond donors (Lipinski definition) is 0. The first-order valence-corrected chi connectivity index (χ1v) is 8.34. The zero-order valence-electron chi connectivity index (χ0n) is 11.4. The normalized spacial score (nSPS) is 9.82. The number of unbranched alkanes of at least 4 members (excludes halogenated alkanes) is 7. The first kappa shape index (κ1) is 17.0. The fourth-order valence-electron chi connectivity index (χ4n) is 1.60. The molecule has 0 N–H and O–H groups in total. The summed E-state index contributed by atoms with van der Waals surface area (Å²) in [6, 6.07) is 4.03. The summed E-state index contributed by atoms with van der Waals surface area (Å²) in [5, 5.41) is 2.03. The third kappa shape index (κ3) is 12.2. The standard InChI is InChI=1S/C10H22.C5H5ClS/c1-3-5-7-9-10-8-6-4-2;6-4-5-2-1-3-7-5/h3-10H2,1-2H3;1-3H,4H2. The zero-order chi connectivity index (χ0) is 12.8. The maximum Gasteiger partial charge on any atom is 0.0568 e. The van der Waals surface area contributed by atoms with Crippen LogP contribution in [0.3, 0.4) is 0 Å². The number of rotatable bonds is 8. The molecule has 0 saturated heterocycles. The van der Waals surface area contributed by atoms with Crippen LogP contribution in [0.25, 0.3) is 0 Å². The van der Waals surface area contributed by atoms with E-state index < -0.39 is 0 Å². The van der Waals surface area contributed by atoms with Crippen LogP contribution in [-0.4, -0.2) is 0 Å². The van der Waals surface area contributed by atoms with Gasteiger partial charge in [0, 0.05) is 4.88 Å². The van der Waals surface area contributed by atoms with Crippen molar-refractivity contribution in [2.75, 3.05) is 0 Å². The van der Waals surface area contributed by atoms with Crippen molar-refractivity contribution in [2.24, 2.45) is 0 Å². The summed E-state index contributed by atoms with van der Waals surface area (Å²) >= 11 is 7.17. The molecule has 100 valence electrons. The van der Waals surface area contributed by atoms with Crippen molar-refractivity contribution in [3.63, 3.8) is 0 Å². The number of alkyl halides is 1. The molecule has 0 amide bonds. The van der Waals surface area contributed by atoms with E-state index in [2.05, 4.69) is 13.8 Å². The Morgan fingerprint density at radius 1 is 0.941 bits per heavy atom. The second-order valence-corrected chi connectivity index (χ2v) is 5.63. The Morgan fingerprint density at radius 2 is 1.47 bits per heavy atom. The Hall–Kier alpha value is -0.0100. The lowest BCUT2D eigenvalue weighted by atomic mass is 10.1. The molecule has 0 saturated carbocycles. The lowest BCUT2D eigenvalue weighted by Crippen LogP contribution is -1.77. The van der Waals surface area contributed by atoms with E-state index in [0.717, 1.165) is 0 Å². The molecule has 0 fully saturated rings. The molecule has 1 aromatic rings. The van der Waals surface area contributed by atoms with Crippen molar-refractivity contribution in [2.45, 2.75) is 71.1 Å². The van der Waals surface area contributed by atoms with Gasteiger partial charge in [0.2, 0.25) is 0 Å². The highest BCUT2D eigenvalue weighted by Gasteiger charge is 1.87. The molecule has 0 nitrogen and oxygen atoms in total. The number of thiophene rings is 1. The van der Waals surface area contributed by atoms with E-state index in [9.17, 15) is 0 Å². The third-order valence-corrected chi connectivity index (χ3v) is 3.99. The molecule has 0 spiro atoms. The Labute approximate surface area is 116 Å². The summed E-state index contributed by atoms with van der Waals surface area (Å²) in [6.07, 6.45) is 11.5. The van der Waals surface area contributed by atoms with Crippen LogP contribution >= 0.6 is 22.9 Å². The van der Waals surface area contributed by atoms with E-state index in [0.29, 0.717) is 5.88 Å². The number of halogens is 1. The summed E-state index contributed by atoms with van der Waals surface area (Å²) < 4.78 is 0. The molecule has 0 aliphatic heterocycles. The highest BCUT2D eigenvalue weighted by atomic mass is 35.5. The molecule has 1 rings (SSSR count). The summed E-state index contributed by atoms with van der Waals surface area (Å²) in [7, 11) is 0. The highest BCUT2D eigenvalue weighted by molar-refractivity contribution is 7.10. The first-order chi connectivity index (χ1) is 8.35. The van der Waals surface area contributed by atoms with Crippen molar-refractivity contribution < 1.29 is 0 Å². The second kappa shape index (κ2) is 14.1. The van der Waals surface area contributed by atoms with Crippen LogP contribution in [0, 0.1) is 0 Å². The van der Waals surface area contributed by atoms with Crippen molar-refractivity contribution in [1.82, 2.24) is 0 Å². The van der Waals surface area contributed by atoms with Crippen LogP contribution in [-0.2, 0) is 5.88 Å². The molecule has 0 bridgehead atoms. The minimum atomic E-state index is 0.650. The Bertz CT molecular complexity index is 211. The van der Waals surface area contributed by atoms with Gasteiger partial charge in [0.15, 0.2) is 0 Å². The van der Waals surface area contributed by atoms with Gasteiger partial charge in [0.05, 0.1) is 5.88 Å². The van der Waals surface area contributed by atoms with Gasteiger partial charge in [0.1, 0.15) is 0 Å². The predicted octanol–water partition coefficient (Wildman–Crippen LogP) is 6.63. The maximum absolute atomic E-state index is 5.48. The Morgan fingerprint density at radius 3 is 1.76 bits per heavy atom. The minimum Gasteiger partial charge on any atom is -0.148 e. The van der Waals surface area contributed by atoms with E-state index in [-0.39, 0.29) is 0 Å². The lowest BCUT2D eigenvalue weighted by Gasteiger charge is -1.97. The fraction of sp³-hybridized carbons (Fsp3) is 0.733. The van der Waals surface area contributed by atoms with Gasteiger partial charge in [-0.15, -0.1) is 22.9 Å². The van der Waals surface area contributed by atoms with Gasteiger partial charge in [-0.3, -0.25) is 0 Å². The zero-order valence-corrected chi connectivity index (χ0v) is 13.0. The van der Waals surface area contributed by atoms with E-state index in [4.69, 9.17) is 11.6 Å². The fourth-order valence-corrected chi connectivity index (χ4v) is 2.43. The van der Waals surface area contributed by atoms with Crippen LogP contribution in [0.1, 0.15) is 70.1 Å². The SMILES string of the molecule is CCCCCCCCCC.ClCc1cccs1. The van der Waals surface area contributed by atoms with Crippen molar-refractivity contribution >= 4 is 22.9 Å². The van der Waals surface area contributed by atoms with Crippen molar-refractivity contribution in [1.29, 1.82) is 0 Å².